The Bertz CT molecular complexity index is 5450. The summed E-state index contributed by atoms with van der Waals surface area (Å²) in [7, 11) is 0. The number of para-hydroxylation sites is 5. The monoisotopic (exact) mass is 1180 g/mol. The molecule has 0 saturated heterocycles. The first-order valence-corrected chi connectivity index (χ1v) is 32.3. The van der Waals surface area contributed by atoms with E-state index in [2.05, 4.69) is 327 Å². The van der Waals surface area contributed by atoms with Gasteiger partial charge in [-0.25, -0.2) is 0 Å². The van der Waals surface area contributed by atoms with E-state index in [4.69, 9.17) is 8.83 Å². The fraction of sp³-hybridized carbons (Fsp3) is 0.172. The van der Waals surface area contributed by atoms with Crippen molar-refractivity contribution >= 4 is 82.7 Å². The number of benzene rings is 12. The standard InChI is InChI=1S/C45H39NO.C42H33NO/c1-43(2)37-18-12-10-16-31(37)32-22-20-29(26-38(32)43)46(28-14-8-7-9-15-28)30-21-23-33-35-24-25-36-34-17-11-13-19-40(34)47-42(36)41(35)45(5,6)44(3,4)39(33)27-30;1-41(2)35-23-27(26-17-20-28(21-18-26)43-37-14-8-5-11-30(37)31-12-6-9-15-38(31)43)19-22-29(35)33-24-34-32-13-7-10-16-39(32)44-40(34)25-36(33)42(41,3)4/h7-27H,1-6H3;5-25H,1-4H3. The van der Waals surface area contributed by atoms with Crippen LogP contribution in [0.1, 0.15) is 103 Å². The van der Waals surface area contributed by atoms with E-state index in [1.807, 2.05) is 6.07 Å². The molecule has 0 saturated carbocycles. The quantitative estimate of drug-likeness (QED) is 0.172. The summed E-state index contributed by atoms with van der Waals surface area (Å²) in [6.07, 6.45) is 0. The highest BCUT2D eigenvalue weighted by atomic mass is 16.3. The molecular formula is C87H72N2O2. The predicted molar refractivity (Wildman–Crippen MR) is 382 cm³/mol. The molecule has 0 aliphatic heterocycles. The molecule has 3 aliphatic rings. The van der Waals surface area contributed by atoms with Crippen molar-refractivity contribution in [2.24, 2.45) is 0 Å². The summed E-state index contributed by atoms with van der Waals surface area (Å²) in [6.45, 7) is 23.9. The molecule has 0 radical (unpaired) electrons. The lowest BCUT2D eigenvalue weighted by atomic mass is 9.55. The molecule has 12 aromatic carbocycles. The number of hydrogen-bond donors (Lipinski definition) is 0. The molecule has 18 rings (SSSR count). The van der Waals surface area contributed by atoms with Gasteiger partial charge in [-0.3, -0.25) is 0 Å². The Kier molecular flexibility index (Phi) is 11.7. The predicted octanol–water partition coefficient (Wildman–Crippen LogP) is 24.2. The van der Waals surface area contributed by atoms with E-state index < -0.39 is 0 Å². The topological polar surface area (TPSA) is 34.5 Å². The lowest BCUT2D eigenvalue weighted by molar-refractivity contribution is 0.299. The van der Waals surface area contributed by atoms with Crippen molar-refractivity contribution < 1.29 is 8.83 Å². The average Bonchev–Trinajstić information content (AvgIpc) is 1.45. The normalized spacial score (nSPS) is 15.8. The molecule has 4 nitrogen and oxygen atoms in total. The molecule has 0 amide bonds. The number of fused-ring (bicyclic) bond motifs is 19. The van der Waals surface area contributed by atoms with Crippen molar-refractivity contribution in [1.29, 1.82) is 0 Å². The van der Waals surface area contributed by atoms with Crippen LogP contribution in [0.5, 0.6) is 0 Å². The zero-order chi connectivity index (χ0) is 62.1. The molecule has 0 fully saturated rings. The molecule has 91 heavy (non-hydrogen) atoms. The van der Waals surface area contributed by atoms with Crippen LogP contribution in [0.3, 0.4) is 0 Å². The van der Waals surface area contributed by atoms with Gasteiger partial charge in [-0.1, -0.05) is 227 Å². The van der Waals surface area contributed by atoms with Gasteiger partial charge in [0.05, 0.1) is 11.0 Å². The Morgan fingerprint density at radius 3 is 1.45 bits per heavy atom. The van der Waals surface area contributed by atoms with E-state index in [-0.39, 0.29) is 27.1 Å². The number of anilines is 3. The summed E-state index contributed by atoms with van der Waals surface area (Å²) < 4.78 is 15.3. The van der Waals surface area contributed by atoms with Gasteiger partial charge >= 0.3 is 0 Å². The smallest absolute Gasteiger partial charge is 0.139 e. The Hall–Kier alpha value is -10.2. The second kappa shape index (κ2) is 19.4. The molecule has 0 atom stereocenters. The van der Waals surface area contributed by atoms with Gasteiger partial charge in [0.1, 0.15) is 22.3 Å². The molecule has 0 bridgehead atoms. The Labute approximate surface area is 532 Å². The van der Waals surface area contributed by atoms with Crippen molar-refractivity contribution in [3.63, 3.8) is 0 Å². The maximum Gasteiger partial charge on any atom is 0.139 e. The fourth-order valence-corrected chi connectivity index (χ4v) is 16.2. The third-order valence-electron chi connectivity index (χ3n) is 22.6. The molecule has 4 heteroatoms. The van der Waals surface area contributed by atoms with Gasteiger partial charge in [0.25, 0.3) is 0 Å². The highest BCUT2D eigenvalue weighted by Crippen LogP contribution is 2.59. The van der Waals surface area contributed by atoms with Gasteiger partial charge < -0.3 is 18.3 Å². The third kappa shape index (κ3) is 7.81. The van der Waals surface area contributed by atoms with Crippen LogP contribution in [-0.2, 0) is 27.1 Å². The van der Waals surface area contributed by atoms with Crippen molar-refractivity contribution in [2.75, 3.05) is 4.90 Å². The first kappa shape index (κ1) is 54.9. The summed E-state index contributed by atoms with van der Waals surface area (Å²) >= 11 is 0. The minimum absolute atomic E-state index is 0.0716. The summed E-state index contributed by atoms with van der Waals surface area (Å²) in [5, 5.41) is 7.31. The third-order valence-corrected chi connectivity index (χ3v) is 22.6. The van der Waals surface area contributed by atoms with E-state index >= 15 is 0 Å². The molecule has 0 spiro atoms. The van der Waals surface area contributed by atoms with Crippen LogP contribution >= 0.6 is 0 Å². The summed E-state index contributed by atoms with van der Waals surface area (Å²) in [5.41, 5.74) is 28.9. The van der Waals surface area contributed by atoms with Crippen LogP contribution in [0.4, 0.5) is 17.1 Å². The van der Waals surface area contributed by atoms with Crippen LogP contribution in [0.25, 0.3) is 116 Å². The van der Waals surface area contributed by atoms with Gasteiger partial charge in [0.15, 0.2) is 0 Å². The number of nitrogens with zero attached hydrogens (tertiary/aromatic N) is 2. The number of aromatic nitrogens is 1. The number of rotatable bonds is 5. The van der Waals surface area contributed by atoms with Crippen LogP contribution in [0.15, 0.2) is 264 Å². The summed E-state index contributed by atoms with van der Waals surface area (Å²) in [6, 6.07) is 93.4. The van der Waals surface area contributed by atoms with Crippen molar-refractivity contribution in [1.82, 2.24) is 4.57 Å². The van der Waals surface area contributed by atoms with E-state index in [1.54, 1.807) is 0 Å². The maximum atomic E-state index is 6.64. The second-order valence-corrected chi connectivity index (χ2v) is 28.4. The Balaban J connectivity index is 0.000000140. The molecular weight excluding hydrogens is 1100 g/mol. The van der Waals surface area contributed by atoms with Gasteiger partial charge in [-0.05, 0) is 186 Å². The lowest BCUT2D eigenvalue weighted by Crippen LogP contribution is -2.43. The van der Waals surface area contributed by atoms with Crippen molar-refractivity contribution in [3.8, 4) is 50.2 Å². The largest absolute Gasteiger partial charge is 0.456 e. The van der Waals surface area contributed by atoms with E-state index in [0.717, 1.165) is 28.0 Å². The Morgan fingerprint density at radius 2 is 0.769 bits per heavy atom. The molecule has 3 aliphatic carbocycles. The molecule has 442 valence electrons. The van der Waals surface area contributed by atoms with Gasteiger partial charge in [0, 0.05) is 71.5 Å². The van der Waals surface area contributed by atoms with Crippen molar-refractivity contribution in [3.05, 3.63) is 288 Å². The number of hydrogen-bond acceptors (Lipinski definition) is 3. The average molecular weight is 1180 g/mol. The number of furan rings is 2. The summed E-state index contributed by atoms with van der Waals surface area (Å²) in [5.74, 6) is 0. The van der Waals surface area contributed by atoms with Gasteiger partial charge in [0.2, 0.25) is 0 Å². The maximum absolute atomic E-state index is 6.64. The first-order chi connectivity index (χ1) is 43.9. The SMILES string of the molecule is CC1(C)c2cc(-c3ccc(-n4c5ccccc5c5ccccc54)cc3)ccc2-c2cc3c(cc2C1(C)C)oc1ccccc13.CC1(C)c2ccccc2-c2ccc(N(c3ccccc3)c3ccc4c(c3)C(C)(C)C(C)(C)c3c-4ccc4c3oc3ccccc34)cc21. The summed E-state index contributed by atoms with van der Waals surface area (Å²) in [4.78, 5) is 2.43. The molecule has 3 aromatic heterocycles. The minimum atomic E-state index is -0.192. The molecule has 3 heterocycles. The molecule has 15 aromatic rings. The zero-order valence-corrected chi connectivity index (χ0v) is 53.5. The zero-order valence-electron chi connectivity index (χ0n) is 53.5. The van der Waals surface area contributed by atoms with Gasteiger partial charge in [-0.15, -0.1) is 0 Å². The van der Waals surface area contributed by atoms with E-state index in [0.29, 0.717) is 0 Å². The fourth-order valence-electron chi connectivity index (χ4n) is 16.2. The van der Waals surface area contributed by atoms with Crippen LogP contribution in [0.2, 0.25) is 0 Å². The Morgan fingerprint density at radius 1 is 0.286 bits per heavy atom. The molecule has 0 unspecified atom stereocenters. The van der Waals surface area contributed by atoms with E-state index in [9.17, 15) is 0 Å². The first-order valence-electron chi connectivity index (χ1n) is 32.3. The highest BCUT2D eigenvalue weighted by molar-refractivity contribution is 6.11. The van der Waals surface area contributed by atoms with Crippen LogP contribution in [0, 0.1) is 0 Å². The highest BCUT2D eigenvalue weighted by Gasteiger charge is 2.49. The van der Waals surface area contributed by atoms with Crippen LogP contribution < -0.4 is 4.90 Å². The van der Waals surface area contributed by atoms with E-state index in [1.165, 1.54) is 138 Å². The van der Waals surface area contributed by atoms with Crippen molar-refractivity contribution in [2.45, 2.75) is 96.3 Å². The van der Waals surface area contributed by atoms with Gasteiger partial charge in [-0.2, -0.15) is 0 Å². The molecule has 0 N–H and O–H groups in total. The lowest BCUT2D eigenvalue weighted by Gasteiger charge is -2.48. The van der Waals surface area contributed by atoms with Crippen LogP contribution in [-0.4, -0.2) is 4.57 Å². The minimum Gasteiger partial charge on any atom is -0.456 e. The second-order valence-electron chi connectivity index (χ2n) is 28.4.